The van der Waals surface area contributed by atoms with Gasteiger partial charge in [0.2, 0.25) is 5.91 Å². The molecule has 1 amide bonds. The van der Waals surface area contributed by atoms with Crippen molar-refractivity contribution in [3.63, 3.8) is 0 Å². The smallest absolute Gasteiger partial charge is 0.235 e. The summed E-state index contributed by atoms with van der Waals surface area (Å²) < 4.78 is 0.940. The Bertz CT molecular complexity index is 344. The molecule has 0 aliphatic rings. The van der Waals surface area contributed by atoms with Crippen molar-refractivity contribution in [3.8, 4) is 0 Å². The lowest BCUT2D eigenvalue weighted by Gasteiger charge is -2.12. The first-order chi connectivity index (χ1) is 7.63. The van der Waals surface area contributed by atoms with Gasteiger partial charge in [-0.1, -0.05) is 6.92 Å². The molecule has 16 heavy (non-hydrogen) atoms. The number of thioether (sulfide) groups is 1. The molecule has 0 saturated heterocycles. The average Bonchev–Trinajstić information content (AvgIpc) is 2.26. The SMILES string of the molecule is CCNC(CSc1ccc(Br)cn1)C(N)=O. The van der Waals surface area contributed by atoms with Crippen molar-refractivity contribution in [2.24, 2.45) is 5.73 Å². The van der Waals surface area contributed by atoms with Crippen molar-refractivity contribution >= 4 is 33.6 Å². The van der Waals surface area contributed by atoms with Crippen LogP contribution in [0.4, 0.5) is 0 Å². The lowest BCUT2D eigenvalue weighted by Crippen LogP contribution is -2.43. The third-order valence-electron chi connectivity index (χ3n) is 1.89. The highest BCUT2D eigenvalue weighted by atomic mass is 79.9. The number of primary amides is 1. The molecule has 0 radical (unpaired) electrons. The fourth-order valence-electron chi connectivity index (χ4n) is 1.10. The number of halogens is 1. The van der Waals surface area contributed by atoms with Gasteiger partial charge in [-0.15, -0.1) is 11.8 Å². The van der Waals surface area contributed by atoms with Crippen LogP contribution >= 0.6 is 27.7 Å². The van der Waals surface area contributed by atoms with Crippen LogP contribution < -0.4 is 11.1 Å². The van der Waals surface area contributed by atoms with E-state index in [0.29, 0.717) is 5.75 Å². The largest absolute Gasteiger partial charge is 0.368 e. The Morgan fingerprint density at radius 1 is 1.69 bits per heavy atom. The van der Waals surface area contributed by atoms with Crippen LogP contribution in [0.5, 0.6) is 0 Å². The number of likely N-dealkylation sites (N-methyl/N-ethyl adjacent to an activating group) is 1. The topological polar surface area (TPSA) is 68.0 Å². The van der Waals surface area contributed by atoms with Gasteiger partial charge < -0.3 is 11.1 Å². The number of carbonyl (C=O) groups is 1. The molecular weight excluding hydrogens is 290 g/mol. The Balaban J connectivity index is 2.48. The van der Waals surface area contributed by atoms with E-state index in [1.165, 1.54) is 11.8 Å². The second kappa shape index (κ2) is 6.88. The van der Waals surface area contributed by atoms with E-state index in [1.54, 1.807) is 6.20 Å². The Morgan fingerprint density at radius 3 is 2.94 bits per heavy atom. The summed E-state index contributed by atoms with van der Waals surface area (Å²) in [6, 6.07) is 3.51. The molecule has 6 heteroatoms. The lowest BCUT2D eigenvalue weighted by atomic mass is 10.3. The summed E-state index contributed by atoms with van der Waals surface area (Å²) in [5, 5.41) is 3.91. The Morgan fingerprint density at radius 2 is 2.44 bits per heavy atom. The highest BCUT2D eigenvalue weighted by Crippen LogP contribution is 2.18. The maximum atomic E-state index is 11.1. The molecule has 0 aromatic carbocycles. The van der Waals surface area contributed by atoms with Gasteiger partial charge in [-0.25, -0.2) is 4.98 Å². The quantitative estimate of drug-likeness (QED) is 0.780. The zero-order valence-corrected chi connectivity index (χ0v) is 11.3. The standard InChI is InChI=1S/C10H14BrN3OS/c1-2-13-8(10(12)15)6-16-9-4-3-7(11)5-14-9/h3-5,8,13H,2,6H2,1H3,(H2,12,15). The number of rotatable bonds is 6. The first-order valence-corrected chi connectivity index (χ1v) is 6.68. The lowest BCUT2D eigenvalue weighted by molar-refractivity contribution is -0.119. The normalized spacial score (nSPS) is 12.4. The molecule has 1 unspecified atom stereocenters. The van der Waals surface area contributed by atoms with E-state index in [-0.39, 0.29) is 11.9 Å². The van der Waals surface area contributed by atoms with Gasteiger partial charge in [0.05, 0.1) is 11.1 Å². The zero-order chi connectivity index (χ0) is 12.0. The molecule has 0 saturated carbocycles. The van der Waals surface area contributed by atoms with Crippen molar-refractivity contribution in [3.05, 3.63) is 22.8 Å². The molecule has 1 heterocycles. The van der Waals surface area contributed by atoms with Gasteiger partial charge in [0, 0.05) is 16.4 Å². The molecule has 3 N–H and O–H groups in total. The van der Waals surface area contributed by atoms with Crippen LogP contribution in [0, 0.1) is 0 Å². The summed E-state index contributed by atoms with van der Waals surface area (Å²) in [5.41, 5.74) is 5.27. The predicted molar refractivity (Wildman–Crippen MR) is 69.3 cm³/mol. The highest BCUT2D eigenvalue weighted by molar-refractivity contribution is 9.10. The van der Waals surface area contributed by atoms with Crippen LogP contribution in [0.3, 0.4) is 0 Å². The van der Waals surface area contributed by atoms with Crippen LogP contribution in [0.15, 0.2) is 27.8 Å². The summed E-state index contributed by atoms with van der Waals surface area (Å²) in [4.78, 5) is 15.3. The number of hydrogen-bond donors (Lipinski definition) is 2. The second-order valence-corrected chi connectivity index (χ2v) is 5.09. The van der Waals surface area contributed by atoms with Crippen molar-refractivity contribution in [2.75, 3.05) is 12.3 Å². The molecule has 88 valence electrons. The molecule has 1 aromatic rings. The van der Waals surface area contributed by atoms with Gasteiger partial charge >= 0.3 is 0 Å². The number of nitrogens with one attached hydrogen (secondary N) is 1. The molecule has 0 spiro atoms. The first-order valence-electron chi connectivity index (χ1n) is 4.90. The number of carbonyl (C=O) groups excluding carboxylic acids is 1. The Labute approximate surface area is 108 Å². The van der Waals surface area contributed by atoms with Gasteiger partial charge in [0.1, 0.15) is 0 Å². The van der Waals surface area contributed by atoms with E-state index in [2.05, 4.69) is 26.2 Å². The van der Waals surface area contributed by atoms with E-state index in [4.69, 9.17) is 5.73 Å². The number of nitrogens with two attached hydrogens (primary N) is 1. The van der Waals surface area contributed by atoms with E-state index in [1.807, 2.05) is 19.1 Å². The van der Waals surface area contributed by atoms with Gasteiger partial charge in [-0.2, -0.15) is 0 Å². The maximum absolute atomic E-state index is 11.1. The van der Waals surface area contributed by atoms with E-state index in [0.717, 1.165) is 16.0 Å². The van der Waals surface area contributed by atoms with Crippen LogP contribution in [-0.4, -0.2) is 29.2 Å². The molecular formula is C10H14BrN3OS. The summed E-state index contributed by atoms with van der Waals surface area (Å²) in [5.74, 6) is 0.268. The van der Waals surface area contributed by atoms with Crippen molar-refractivity contribution in [2.45, 2.75) is 18.0 Å². The van der Waals surface area contributed by atoms with Crippen molar-refractivity contribution in [1.29, 1.82) is 0 Å². The minimum atomic E-state index is -0.327. The first kappa shape index (κ1) is 13.5. The molecule has 4 nitrogen and oxygen atoms in total. The Hall–Kier alpha value is -0.590. The third kappa shape index (κ3) is 4.51. The number of aromatic nitrogens is 1. The van der Waals surface area contributed by atoms with Gasteiger partial charge in [-0.3, -0.25) is 4.79 Å². The summed E-state index contributed by atoms with van der Waals surface area (Å²) in [6.45, 7) is 2.67. The molecule has 1 atom stereocenters. The Kier molecular flexibility index (Phi) is 5.79. The van der Waals surface area contributed by atoms with Crippen molar-refractivity contribution in [1.82, 2.24) is 10.3 Å². The fraction of sp³-hybridized carbons (Fsp3) is 0.400. The molecule has 0 aliphatic heterocycles. The van der Waals surface area contributed by atoms with Crippen LogP contribution in [0.2, 0.25) is 0 Å². The minimum absolute atomic E-state index is 0.305. The van der Waals surface area contributed by atoms with Crippen LogP contribution in [-0.2, 0) is 4.79 Å². The predicted octanol–water partition coefficient (Wildman–Crippen LogP) is 1.40. The van der Waals surface area contributed by atoms with Crippen molar-refractivity contribution < 1.29 is 4.79 Å². The fourth-order valence-corrected chi connectivity index (χ4v) is 2.25. The van der Waals surface area contributed by atoms with E-state index >= 15 is 0 Å². The molecule has 1 aromatic heterocycles. The van der Waals surface area contributed by atoms with Crippen LogP contribution in [0.1, 0.15) is 6.92 Å². The molecule has 0 bridgehead atoms. The highest BCUT2D eigenvalue weighted by Gasteiger charge is 2.13. The van der Waals surface area contributed by atoms with Gasteiger partial charge in [-0.05, 0) is 34.6 Å². The number of pyridine rings is 1. The maximum Gasteiger partial charge on any atom is 0.235 e. The van der Waals surface area contributed by atoms with E-state index in [9.17, 15) is 4.79 Å². The zero-order valence-electron chi connectivity index (χ0n) is 8.94. The molecule has 0 fully saturated rings. The molecule has 1 rings (SSSR count). The number of hydrogen-bond acceptors (Lipinski definition) is 4. The minimum Gasteiger partial charge on any atom is -0.368 e. The van der Waals surface area contributed by atoms with Gasteiger partial charge in [0.15, 0.2) is 0 Å². The monoisotopic (exact) mass is 303 g/mol. The number of nitrogens with zero attached hydrogens (tertiary/aromatic N) is 1. The summed E-state index contributed by atoms with van der Waals surface area (Å²) in [6.07, 6.45) is 1.73. The van der Waals surface area contributed by atoms with E-state index < -0.39 is 0 Å². The number of amides is 1. The second-order valence-electron chi connectivity index (χ2n) is 3.14. The molecule has 0 aliphatic carbocycles. The summed E-state index contributed by atoms with van der Waals surface area (Å²) in [7, 11) is 0. The third-order valence-corrected chi connectivity index (χ3v) is 3.40. The summed E-state index contributed by atoms with van der Waals surface area (Å²) >= 11 is 4.83. The van der Waals surface area contributed by atoms with Crippen LogP contribution in [0.25, 0.3) is 0 Å². The van der Waals surface area contributed by atoms with Gasteiger partial charge in [0.25, 0.3) is 0 Å². The average molecular weight is 304 g/mol.